The topological polar surface area (TPSA) is 106 Å². The van der Waals surface area contributed by atoms with E-state index in [1.165, 1.54) is 6.33 Å². The Labute approximate surface area is 185 Å². The largest absolute Gasteiger partial charge is 0.446 e. The second kappa shape index (κ2) is 8.83. The fourth-order valence-corrected chi connectivity index (χ4v) is 4.46. The molecule has 3 aromatic rings. The third kappa shape index (κ3) is 3.96. The number of nitrogens with zero attached hydrogens (tertiary/aromatic N) is 6. The average molecular weight is 432 g/mol. The van der Waals surface area contributed by atoms with E-state index >= 15 is 0 Å². The molecule has 2 aliphatic rings. The molecule has 5 rings (SSSR count). The van der Waals surface area contributed by atoms with Gasteiger partial charge in [0.2, 0.25) is 5.88 Å². The van der Waals surface area contributed by atoms with E-state index in [-0.39, 0.29) is 18.2 Å². The second-order valence-corrected chi connectivity index (χ2v) is 8.22. The molecule has 1 saturated heterocycles. The predicted octanol–water partition coefficient (Wildman–Crippen LogP) is 4.21. The summed E-state index contributed by atoms with van der Waals surface area (Å²) in [4.78, 5) is 22.9. The van der Waals surface area contributed by atoms with E-state index in [4.69, 9.17) is 9.47 Å². The first-order valence-corrected chi connectivity index (χ1v) is 11.0. The highest BCUT2D eigenvalue weighted by molar-refractivity contribution is 5.80. The summed E-state index contributed by atoms with van der Waals surface area (Å²) in [6.45, 7) is 1.25. The van der Waals surface area contributed by atoms with Crippen LogP contribution < -0.4 is 4.74 Å². The lowest BCUT2D eigenvalue weighted by Crippen LogP contribution is -2.40. The van der Waals surface area contributed by atoms with Crippen molar-refractivity contribution in [3.05, 3.63) is 42.4 Å². The Morgan fingerprint density at radius 2 is 1.88 bits per heavy atom. The van der Waals surface area contributed by atoms with Gasteiger partial charge in [0.05, 0.1) is 17.8 Å². The van der Waals surface area contributed by atoms with Crippen molar-refractivity contribution in [2.24, 2.45) is 0 Å². The Morgan fingerprint density at radius 1 is 1.09 bits per heavy atom. The molecule has 3 heterocycles. The number of carbonyl (C=O) groups excluding carboxylic acids is 1. The van der Waals surface area contributed by atoms with Gasteiger partial charge in [-0.3, -0.25) is 0 Å². The number of carbonyl (C=O) groups is 1. The third-order valence-electron chi connectivity index (χ3n) is 6.21. The lowest BCUT2D eigenvalue weighted by atomic mass is 10.1. The number of rotatable bonds is 4. The van der Waals surface area contributed by atoms with Gasteiger partial charge in [-0.1, -0.05) is 12.1 Å². The monoisotopic (exact) mass is 432 g/mol. The summed E-state index contributed by atoms with van der Waals surface area (Å²) in [7, 11) is 0. The molecule has 0 unspecified atom stereocenters. The first kappa shape index (κ1) is 20.2. The molecule has 2 fully saturated rings. The summed E-state index contributed by atoms with van der Waals surface area (Å²) in [5.41, 5.74) is 1.11. The molecule has 0 spiro atoms. The van der Waals surface area contributed by atoms with Gasteiger partial charge in [0.15, 0.2) is 5.65 Å². The van der Waals surface area contributed by atoms with E-state index in [2.05, 4.69) is 21.1 Å². The number of para-hydroxylation sites is 1. The van der Waals surface area contributed by atoms with Crippen molar-refractivity contribution in [3.8, 4) is 17.7 Å². The Kier molecular flexibility index (Phi) is 5.58. The van der Waals surface area contributed by atoms with E-state index < -0.39 is 0 Å². The molecule has 1 saturated carbocycles. The first-order chi connectivity index (χ1) is 15.7. The minimum Gasteiger partial charge on any atom is -0.446 e. The van der Waals surface area contributed by atoms with Crippen molar-refractivity contribution in [1.82, 2.24) is 24.6 Å². The maximum absolute atomic E-state index is 12.5. The van der Waals surface area contributed by atoms with Crippen LogP contribution in [0.5, 0.6) is 11.6 Å². The number of amides is 1. The molecule has 164 valence electrons. The molecule has 2 aromatic heterocycles. The van der Waals surface area contributed by atoms with E-state index in [0.717, 1.165) is 38.5 Å². The predicted molar refractivity (Wildman–Crippen MR) is 115 cm³/mol. The number of ether oxygens (including phenoxy) is 2. The van der Waals surface area contributed by atoms with Crippen LogP contribution in [0, 0.1) is 11.3 Å². The molecule has 0 bridgehead atoms. The molecule has 32 heavy (non-hydrogen) atoms. The Bertz CT molecular complexity index is 1160. The highest BCUT2D eigenvalue weighted by Gasteiger charge is 2.29. The second-order valence-electron chi connectivity index (χ2n) is 8.22. The molecule has 1 aliphatic heterocycles. The van der Waals surface area contributed by atoms with Crippen LogP contribution in [-0.2, 0) is 4.74 Å². The molecular weight excluding hydrogens is 408 g/mol. The summed E-state index contributed by atoms with van der Waals surface area (Å²) in [5.74, 6) is 0.804. The fourth-order valence-electron chi connectivity index (χ4n) is 4.46. The zero-order valence-corrected chi connectivity index (χ0v) is 17.7. The molecule has 1 aromatic carbocycles. The number of likely N-dealkylation sites (tertiary alicyclic amines) is 1. The lowest BCUT2D eigenvalue weighted by Gasteiger charge is -2.32. The van der Waals surface area contributed by atoms with E-state index in [1.807, 2.05) is 10.7 Å². The summed E-state index contributed by atoms with van der Waals surface area (Å²) < 4.78 is 13.5. The molecule has 9 nitrogen and oxygen atoms in total. The van der Waals surface area contributed by atoms with Gasteiger partial charge < -0.3 is 14.4 Å². The Morgan fingerprint density at radius 3 is 2.66 bits per heavy atom. The summed E-state index contributed by atoms with van der Waals surface area (Å²) >= 11 is 0. The summed E-state index contributed by atoms with van der Waals surface area (Å²) in [6.07, 6.45) is 8.80. The summed E-state index contributed by atoms with van der Waals surface area (Å²) in [6, 6.07) is 9.27. The molecule has 1 aliphatic carbocycles. The highest BCUT2D eigenvalue weighted by atomic mass is 16.6. The number of hydrogen-bond donors (Lipinski definition) is 0. The van der Waals surface area contributed by atoms with Crippen LogP contribution in [-0.4, -0.2) is 49.9 Å². The lowest BCUT2D eigenvalue weighted by molar-refractivity contribution is 0.0555. The molecule has 0 atom stereocenters. The van der Waals surface area contributed by atoms with E-state index in [0.29, 0.717) is 41.3 Å². The smallest absolute Gasteiger partial charge is 0.410 e. The van der Waals surface area contributed by atoms with Gasteiger partial charge in [0.1, 0.15) is 29.6 Å². The van der Waals surface area contributed by atoms with Crippen LogP contribution in [0.1, 0.15) is 50.1 Å². The van der Waals surface area contributed by atoms with Crippen molar-refractivity contribution >= 4 is 17.1 Å². The fraction of sp³-hybridized carbons (Fsp3) is 0.435. The summed E-state index contributed by atoms with van der Waals surface area (Å²) in [5, 5.41) is 14.5. The van der Waals surface area contributed by atoms with E-state index in [9.17, 15) is 10.1 Å². The quantitative estimate of drug-likeness (QED) is 0.608. The Balaban J connectivity index is 1.29. The number of fused-ring (bicyclic) bond motifs is 1. The van der Waals surface area contributed by atoms with Crippen molar-refractivity contribution in [1.29, 1.82) is 5.26 Å². The van der Waals surface area contributed by atoms with Crippen LogP contribution in [0.3, 0.4) is 0 Å². The number of benzene rings is 1. The van der Waals surface area contributed by atoms with Crippen LogP contribution in [0.25, 0.3) is 11.0 Å². The van der Waals surface area contributed by atoms with Crippen LogP contribution >= 0.6 is 0 Å². The third-order valence-corrected chi connectivity index (χ3v) is 6.21. The van der Waals surface area contributed by atoms with Crippen molar-refractivity contribution in [2.75, 3.05) is 13.1 Å². The number of hydrogen-bond acceptors (Lipinski definition) is 7. The van der Waals surface area contributed by atoms with Gasteiger partial charge in [-0.25, -0.2) is 19.4 Å². The zero-order chi connectivity index (χ0) is 21.9. The minimum absolute atomic E-state index is 0.0802. The standard InChI is InChI=1S/C23H24N6O3/c24-13-16-5-1-4-8-20(16)32-22-19-14-27-29(21(19)25-15-26-22)17-9-11-28(12-10-17)23(30)31-18-6-2-3-7-18/h1,4-5,8,14-15,17-18H,2-3,6-7,9-12H2. The van der Waals surface area contributed by atoms with E-state index in [1.54, 1.807) is 29.3 Å². The molecule has 0 radical (unpaired) electrons. The zero-order valence-electron chi connectivity index (χ0n) is 17.7. The van der Waals surface area contributed by atoms with Crippen LogP contribution in [0.2, 0.25) is 0 Å². The molecule has 0 N–H and O–H groups in total. The van der Waals surface area contributed by atoms with Gasteiger partial charge >= 0.3 is 6.09 Å². The van der Waals surface area contributed by atoms with Crippen LogP contribution in [0.15, 0.2) is 36.8 Å². The SMILES string of the molecule is N#Cc1ccccc1Oc1ncnc2c1cnn2C1CCN(C(=O)OC2CCCC2)CC1. The minimum atomic E-state index is -0.199. The molecule has 1 amide bonds. The Hall–Kier alpha value is -3.67. The van der Waals surface area contributed by atoms with Gasteiger partial charge in [-0.15, -0.1) is 0 Å². The van der Waals surface area contributed by atoms with Crippen molar-refractivity contribution in [3.63, 3.8) is 0 Å². The first-order valence-electron chi connectivity index (χ1n) is 11.0. The van der Waals surface area contributed by atoms with Gasteiger partial charge in [0.25, 0.3) is 0 Å². The van der Waals surface area contributed by atoms with Gasteiger partial charge in [0, 0.05) is 13.1 Å². The normalized spacial score (nSPS) is 17.4. The maximum Gasteiger partial charge on any atom is 0.410 e. The van der Waals surface area contributed by atoms with Crippen LogP contribution in [0.4, 0.5) is 4.79 Å². The van der Waals surface area contributed by atoms with Gasteiger partial charge in [-0.05, 0) is 50.7 Å². The average Bonchev–Trinajstić information content (AvgIpc) is 3.50. The number of aromatic nitrogens is 4. The molecule has 9 heteroatoms. The highest BCUT2D eigenvalue weighted by Crippen LogP contribution is 2.32. The maximum atomic E-state index is 12.5. The van der Waals surface area contributed by atoms with Crippen molar-refractivity contribution in [2.45, 2.75) is 50.7 Å². The van der Waals surface area contributed by atoms with Gasteiger partial charge in [-0.2, -0.15) is 10.4 Å². The molecular formula is C23H24N6O3. The number of nitriles is 1. The number of piperidine rings is 1. The van der Waals surface area contributed by atoms with Crippen molar-refractivity contribution < 1.29 is 14.3 Å².